The number of hydrogen-bond donors (Lipinski definition) is 1. The van der Waals surface area contributed by atoms with Gasteiger partial charge in [-0.25, -0.2) is 4.99 Å². The summed E-state index contributed by atoms with van der Waals surface area (Å²) in [6.45, 7) is 1.92. The van der Waals surface area contributed by atoms with Gasteiger partial charge in [0, 0.05) is 22.9 Å². The number of ether oxygens (including phenoxy) is 2. The summed E-state index contributed by atoms with van der Waals surface area (Å²) in [6.07, 6.45) is 1.50. The van der Waals surface area contributed by atoms with Gasteiger partial charge in [-0.05, 0) is 61.0 Å². The van der Waals surface area contributed by atoms with E-state index >= 15 is 0 Å². The molecule has 1 heterocycles. The molecule has 0 aliphatic carbocycles. The van der Waals surface area contributed by atoms with Crippen LogP contribution in [0, 0.1) is 18.3 Å². The lowest BCUT2D eigenvalue weighted by atomic mass is 9.98. The van der Waals surface area contributed by atoms with Crippen molar-refractivity contribution in [3.05, 3.63) is 83.4 Å². The predicted molar refractivity (Wildman–Crippen MR) is 127 cm³/mol. The molecule has 0 saturated heterocycles. The highest BCUT2D eigenvalue weighted by molar-refractivity contribution is 5.91. The van der Waals surface area contributed by atoms with Gasteiger partial charge < -0.3 is 19.0 Å². The number of aliphatic imine (C=N–C) groups is 1. The number of phenolic OH excluding ortho intramolecular Hbond substituents is 1. The zero-order chi connectivity index (χ0) is 23.4. The van der Waals surface area contributed by atoms with Gasteiger partial charge in [-0.3, -0.25) is 0 Å². The van der Waals surface area contributed by atoms with E-state index in [-0.39, 0.29) is 11.6 Å². The molecule has 0 unspecified atom stereocenters. The van der Waals surface area contributed by atoms with Crippen LogP contribution in [-0.4, -0.2) is 25.5 Å². The summed E-state index contributed by atoms with van der Waals surface area (Å²) in [5, 5.41) is 20.2. The first-order valence-corrected chi connectivity index (χ1v) is 10.2. The number of benzene rings is 3. The lowest BCUT2D eigenvalue weighted by Gasteiger charge is -2.06. The van der Waals surface area contributed by atoms with E-state index < -0.39 is 0 Å². The van der Waals surface area contributed by atoms with E-state index in [1.54, 1.807) is 20.3 Å². The van der Waals surface area contributed by atoms with Crippen LogP contribution in [0.25, 0.3) is 22.5 Å². The average Bonchev–Trinajstić information content (AvgIpc) is 3.23. The van der Waals surface area contributed by atoms with E-state index in [0.717, 1.165) is 16.7 Å². The van der Waals surface area contributed by atoms with Crippen molar-refractivity contribution >= 4 is 12.1 Å². The molecular formula is C27H22N2O4. The van der Waals surface area contributed by atoms with Gasteiger partial charge in [0.1, 0.15) is 34.6 Å². The molecule has 0 bridgehead atoms. The molecule has 0 radical (unpaired) electrons. The number of furan rings is 1. The van der Waals surface area contributed by atoms with Crippen molar-refractivity contribution in [1.29, 1.82) is 5.26 Å². The van der Waals surface area contributed by atoms with Crippen LogP contribution in [0.5, 0.6) is 17.2 Å². The summed E-state index contributed by atoms with van der Waals surface area (Å²) >= 11 is 0. The Hall–Kier alpha value is -4.50. The third kappa shape index (κ3) is 4.43. The Morgan fingerprint density at radius 3 is 2.09 bits per heavy atom. The van der Waals surface area contributed by atoms with Gasteiger partial charge in [-0.2, -0.15) is 5.26 Å². The second kappa shape index (κ2) is 9.33. The topological polar surface area (TPSA) is 88.0 Å². The molecule has 0 aliphatic rings. The van der Waals surface area contributed by atoms with Crippen LogP contribution in [-0.2, 0) is 0 Å². The molecule has 4 rings (SSSR count). The first-order valence-electron chi connectivity index (χ1n) is 10.2. The maximum atomic E-state index is 10.1. The smallest absolute Gasteiger partial charge is 0.238 e. The first-order chi connectivity index (χ1) is 16.0. The van der Waals surface area contributed by atoms with Crippen LogP contribution in [0.1, 0.15) is 16.7 Å². The maximum Gasteiger partial charge on any atom is 0.238 e. The Morgan fingerprint density at radius 1 is 0.909 bits per heavy atom. The third-order valence-electron chi connectivity index (χ3n) is 5.24. The van der Waals surface area contributed by atoms with Gasteiger partial charge in [0.25, 0.3) is 0 Å². The fraction of sp³-hybridized carbons (Fsp3) is 0.111. The summed E-state index contributed by atoms with van der Waals surface area (Å²) in [5.41, 5.74) is 4.01. The second-order valence-corrected chi connectivity index (χ2v) is 7.38. The summed E-state index contributed by atoms with van der Waals surface area (Å²) in [4.78, 5) is 4.43. The van der Waals surface area contributed by atoms with Crippen LogP contribution in [0.4, 0.5) is 5.88 Å². The minimum Gasteiger partial charge on any atom is -0.507 e. The summed E-state index contributed by atoms with van der Waals surface area (Å²) < 4.78 is 16.7. The largest absolute Gasteiger partial charge is 0.507 e. The standard InChI is InChI=1S/C27H22N2O4/c1-17-4-13-24(30)20(14-17)16-29-27-23(15-28)25(18-5-9-21(31-2)10-6-18)26(33-27)19-7-11-22(32-3)12-8-19/h4-14,16,30H,1-3H3. The highest BCUT2D eigenvalue weighted by Crippen LogP contribution is 2.43. The Balaban J connectivity index is 1.88. The molecule has 6 nitrogen and oxygen atoms in total. The number of aryl methyl sites for hydroxylation is 1. The van der Waals surface area contributed by atoms with E-state index in [0.29, 0.717) is 33.9 Å². The Bertz CT molecular complexity index is 1340. The molecule has 3 aromatic carbocycles. The first kappa shape index (κ1) is 21.7. The van der Waals surface area contributed by atoms with Gasteiger partial charge >= 0.3 is 0 Å². The lowest BCUT2D eigenvalue weighted by Crippen LogP contribution is -1.87. The molecule has 6 heteroatoms. The summed E-state index contributed by atoms with van der Waals surface area (Å²) in [7, 11) is 3.20. The van der Waals surface area contributed by atoms with Gasteiger partial charge in [0.2, 0.25) is 5.88 Å². The van der Waals surface area contributed by atoms with Crippen LogP contribution in [0.15, 0.2) is 76.1 Å². The number of phenols is 1. The highest BCUT2D eigenvalue weighted by atomic mass is 16.5. The van der Waals surface area contributed by atoms with Crippen molar-refractivity contribution in [2.45, 2.75) is 6.92 Å². The monoisotopic (exact) mass is 438 g/mol. The molecule has 1 N–H and O–H groups in total. The number of rotatable bonds is 6. The fourth-order valence-corrected chi connectivity index (χ4v) is 3.50. The molecule has 0 aliphatic heterocycles. The number of hydrogen-bond acceptors (Lipinski definition) is 6. The van der Waals surface area contributed by atoms with E-state index in [1.807, 2.05) is 67.6 Å². The molecular weight excluding hydrogens is 416 g/mol. The Labute approximate surface area is 192 Å². The average molecular weight is 438 g/mol. The number of nitrogens with zero attached hydrogens (tertiary/aromatic N) is 2. The molecule has 164 valence electrons. The van der Waals surface area contributed by atoms with Crippen molar-refractivity contribution in [1.82, 2.24) is 0 Å². The zero-order valence-electron chi connectivity index (χ0n) is 18.5. The van der Waals surface area contributed by atoms with E-state index in [2.05, 4.69) is 11.1 Å². The minimum absolute atomic E-state index is 0.0974. The van der Waals surface area contributed by atoms with E-state index in [9.17, 15) is 10.4 Å². The van der Waals surface area contributed by atoms with E-state index in [4.69, 9.17) is 13.9 Å². The predicted octanol–water partition coefficient (Wildman–Crippen LogP) is 6.27. The number of aromatic hydroxyl groups is 1. The summed E-state index contributed by atoms with van der Waals surface area (Å²) in [6, 6.07) is 22.3. The van der Waals surface area contributed by atoms with Crippen LogP contribution in [0.2, 0.25) is 0 Å². The Morgan fingerprint density at radius 2 is 1.52 bits per heavy atom. The Kier molecular flexibility index (Phi) is 6.14. The molecule has 4 aromatic rings. The summed E-state index contributed by atoms with van der Waals surface area (Å²) in [5.74, 6) is 2.19. The highest BCUT2D eigenvalue weighted by Gasteiger charge is 2.23. The molecule has 0 atom stereocenters. The molecule has 33 heavy (non-hydrogen) atoms. The minimum atomic E-state index is 0.0974. The number of methoxy groups -OCH3 is 2. The maximum absolute atomic E-state index is 10.1. The van der Waals surface area contributed by atoms with Gasteiger partial charge in [0.05, 0.1) is 14.2 Å². The number of nitriles is 1. The zero-order valence-corrected chi connectivity index (χ0v) is 18.5. The molecule has 0 fully saturated rings. The quantitative estimate of drug-likeness (QED) is 0.359. The second-order valence-electron chi connectivity index (χ2n) is 7.38. The molecule has 0 amide bonds. The van der Waals surface area contributed by atoms with Gasteiger partial charge in [-0.15, -0.1) is 0 Å². The molecule has 1 aromatic heterocycles. The van der Waals surface area contributed by atoms with Crippen molar-refractivity contribution in [2.75, 3.05) is 14.2 Å². The lowest BCUT2D eigenvalue weighted by molar-refractivity contribution is 0.414. The van der Waals surface area contributed by atoms with Crippen molar-refractivity contribution in [3.63, 3.8) is 0 Å². The van der Waals surface area contributed by atoms with Crippen molar-refractivity contribution < 1.29 is 19.0 Å². The van der Waals surface area contributed by atoms with Gasteiger partial charge in [-0.1, -0.05) is 23.8 Å². The van der Waals surface area contributed by atoms with Crippen LogP contribution >= 0.6 is 0 Å². The molecule has 0 saturated carbocycles. The molecule has 0 spiro atoms. The normalized spacial score (nSPS) is 10.8. The fourth-order valence-electron chi connectivity index (χ4n) is 3.50. The third-order valence-corrected chi connectivity index (χ3v) is 5.24. The van der Waals surface area contributed by atoms with Crippen LogP contribution in [0.3, 0.4) is 0 Å². The van der Waals surface area contributed by atoms with Crippen molar-refractivity contribution in [2.24, 2.45) is 4.99 Å². The van der Waals surface area contributed by atoms with E-state index in [1.165, 1.54) is 6.21 Å². The van der Waals surface area contributed by atoms with Crippen molar-refractivity contribution in [3.8, 4) is 45.8 Å². The SMILES string of the molecule is COc1ccc(-c2oc(N=Cc3cc(C)ccc3O)c(C#N)c2-c2ccc(OC)cc2)cc1. The van der Waals surface area contributed by atoms with Gasteiger partial charge in [0.15, 0.2) is 0 Å². The van der Waals surface area contributed by atoms with Crippen LogP contribution < -0.4 is 9.47 Å².